The van der Waals surface area contributed by atoms with E-state index in [1.54, 1.807) is 6.07 Å². The molecule has 0 N–H and O–H groups in total. The van der Waals surface area contributed by atoms with Crippen molar-refractivity contribution in [3.63, 3.8) is 0 Å². The molecular weight excluding hydrogens is 382 g/mol. The number of nitrogens with zero attached hydrogens (tertiary/aromatic N) is 4. The van der Waals surface area contributed by atoms with E-state index in [1.807, 2.05) is 0 Å². The molecule has 0 atom stereocenters. The second-order valence-corrected chi connectivity index (χ2v) is 8.31. The minimum Gasteiger partial charge on any atom is -0.381 e. The molecular formula is C20H26F2N4OS. The van der Waals surface area contributed by atoms with Gasteiger partial charge in [-0.15, -0.1) is 0 Å². The molecule has 1 aromatic heterocycles. The summed E-state index contributed by atoms with van der Waals surface area (Å²) in [6, 6.07) is 4.17. The summed E-state index contributed by atoms with van der Waals surface area (Å²) in [7, 11) is 0. The normalized spacial score (nSPS) is 19.3. The molecule has 0 aliphatic carbocycles. The number of piperazine rings is 1. The van der Waals surface area contributed by atoms with Crippen LogP contribution in [0.2, 0.25) is 0 Å². The number of rotatable bonds is 6. The second-order valence-electron chi connectivity index (χ2n) is 7.58. The fraction of sp³-hybridized carbons (Fsp3) is 0.600. The first-order valence-electron chi connectivity index (χ1n) is 9.99. The summed E-state index contributed by atoms with van der Waals surface area (Å²) in [6.07, 6.45) is 3.88. The van der Waals surface area contributed by atoms with E-state index in [1.165, 1.54) is 23.7 Å². The van der Waals surface area contributed by atoms with Crippen LogP contribution < -0.4 is 4.90 Å². The van der Waals surface area contributed by atoms with E-state index in [9.17, 15) is 8.78 Å². The van der Waals surface area contributed by atoms with Gasteiger partial charge in [-0.2, -0.15) is 4.37 Å². The summed E-state index contributed by atoms with van der Waals surface area (Å²) in [5, 5.41) is 1.02. The van der Waals surface area contributed by atoms with Gasteiger partial charge in [0.2, 0.25) is 5.13 Å². The highest BCUT2D eigenvalue weighted by molar-refractivity contribution is 7.09. The molecule has 0 unspecified atom stereocenters. The predicted octanol–water partition coefficient (Wildman–Crippen LogP) is 3.15. The van der Waals surface area contributed by atoms with Gasteiger partial charge >= 0.3 is 0 Å². The van der Waals surface area contributed by atoms with Gasteiger partial charge in [0.05, 0.1) is 0 Å². The third-order valence-corrected chi connectivity index (χ3v) is 6.43. The van der Waals surface area contributed by atoms with Crippen LogP contribution in [0.3, 0.4) is 0 Å². The molecule has 2 fully saturated rings. The zero-order valence-corrected chi connectivity index (χ0v) is 16.8. The van der Waals surface area contributed by atoms with Crippen molar-refractivity contribution in [2.75, 3.05) is 50.8 Å². The molecule has 28 heavy (non-hydrogen) atoms. The minimum atomic E-state index is -0.786. The van der Waals surface area contributed by atoms with E-state index in [0.717, 1.165) is 88.1 Å². The van der Waals surface area contributed by atoms with Gasteiger partial charge in [0.1, 0.15) is 5.82 Å². The monoisotopic (exact) mass is 408 g/mol. The van der Waals surface area contributed by atoms with Gasteiger partial charge in [-0.3, -0.25) is 4.90 Å². The maximum atomic E-state index is 13.3. The predicted molar refractivity (Wildman–Crippen MR) is 106 cm³/mol. The lowest BCUT2D eigenvalue weighted by Gasteiger charge is -2.34. The van der Waals surface area contributed by atoms with Gasteiger partial charge < -0.3 is 9.64 Å². The number of hydrogen-bond donors (Lipinski definition) is 0. The third-order valence-electron chi connectivity index (χ3n) is 5.61. The molecule has 0 radical (unpaired) electrons. The van der Waals surface area contributed by atoms with Gasteiger partial charge in [0.15, 0.2) is 11.6 Å². The number of benzene rings is 1. The Morgan fingerprint density at radius 2 is 1.86 bits per heavy atom. The number of ether oxygens (including phenoxy) is 1. The van der Waals surface area contributed by atoms with Crippen LogP contribution in [-0.4, -0.2) is 60.2 Å². The van der Waals surface area contributed by atoms with Crippen LogP contribution in [0.15, 0.2) is 18.2 Å². The first-order chi connectivity index (χ1) is 13.7. The Hall–Kier alpha value is -1.64. The van der Waals surface area contributed by atoms with Crippen molar-refractivity contribution in [2.45, 2.75) is 25.7 Å². The number of hydrogen-bond acceptors (Lipinski definition) is 6. The quantitative estimate of drug-likeness (QED) is 0.735. The Morgan fingerprint density at radius 3 is 2.61 bits per heavy atom. The summed E-state index contributed by atoms with van der Waals surface area (Å²) >= 11 is 1.50. The Kier molecular flexibility index (Phi) is 6.49. The average molecular weight is 409 g/mol. The highest BCUT2D eigenvalue weighted by Gasteiger charge is 2.22. The van der Waals surface area contributed by atoms with Crippen molar-refractivity contribution < 1.29 is 13.5 Å². The number of aromatic nitrogens is 2. The standard InChI is InChI=1S/C20H26F2N4OS/c21-17-2-1-15(13-18(17)22)3-6-25-7-9-26(10-8-25)20-23-19(24-28-20)14-16-4-11-27-12-5-16/h1-2,13,16H,3-12,14H2. The van der Waals surface area contributed by atoms with E-state index < -0.39 is 11.6 Å². The van der Waals surface area contributed by atoms with E-state index in [0.29, 0.717) is 5.92 Å². The Balaban J connectivity index is 1.23. The lowest BCUT2D eigenvalue weighted by molar-refractivity contribution is 0.0660. The molecule has 3 heterocycles. The van der Waals surface area contributed by atoms with Crippen molar-refractivity contribution >= 4 is 16.7 Å². The van der Waals surface area contributed by atoms with Gasteiger partial charge in [-0.25, -0.2) is 13.8 Å². The Bertz CT molecular complexity index is 773. The van der Waals surface area contributed by atoms with Crippen LogP contribution in [0.4, 0.5) is 13.9 Å². The first kappa shape index (κ1) is 19.7. The van der Waals surface area contributed by atoms with Crippen molar-refractivity contribution in [3.05, 3.63) is 41.2 Å². The average Bonchev–Trinajstić information content (AvgIpc) is 3.18. The maximum Gasteiger partial charge on any atom is 0.205 e. The largest absolute Gasteiger partial charge is 0.381 e. The van der Waals surface area contributed by atoms with Crippen LogP contribution >= 0.6 is 11.5 Å². The topological polar surface area (TPSA) is 41.5 Å². The van der Waals surface area contributed by atoms with Crippen molar-refractivity contribution in [1.29, 1.82) is 0 Å². The van der Waals surface area contributed by atoms with Gasteiger partial charge in [0.25, 0.3) is 0 Å². The molecule has 8 heteroatoms. The summed E-state index contributed by atoms with van der Waals surface area (Å²) in [4.78, 5) is 9.43. The second kappa shape index (κ2) is 9.24. The third kappa shape index (κ3) is 5.04. The maximum absolute atomic E-state index is 13.3. The van der Waals surface area contributed by atoms with Crippen molar-refractivity contribution in [1.82, 2.24) is 14.3 Å². The summed E-state index contributed by atoms with van der Waals surface area (Å²) in [6.45, 7) is 6.29. The SMILES string of the molecule is Fc1ccc(CCN2CCN(c3nc(CC4CCOCC4)ns3)CC2)cc1F. The van der Waals surface area contributed by atoms with E-state index in [4.69, 9.17) is 9.72 Å². The first-order valence-corrected chi connectivity index (χ1v) is 10.8. The highest BCUT2D eigenvalue weighted by Crippen LogP contribution is 2.23. The minimum absolute atomic E-state index is 0.643. The van der Waals surface area contributed by atoms with Crippen molar-refractivity contribution in [3.8, 4) is 0 Å². The smallest absolute Gasteiger partial charge is 0.205 e. The number of halogens is 2. The van der Waals surface area contributed by atoms with Crippen molar-refractivity contribution in [2.24, 2.45) is 5.92 Å². The Labute approximate surface area is 168 Å². The zero-order valence-electron chi connectivity index (χ0n) is 15.9. The van der Waals surface area contributed by atoms with Gasteiger partial charge in [0, 0.05) is 63.9 Å². The molecule has 2 aliphatic heterocycles. The Morgan fingerprint density at radius 1 is 1.07 bits per heavy atom. The lowest BCUT2D eigenvalue weighted by atomic mass is 9.96. The molecule has 0 bridgehead atoms. The molecule has 4 rings (SSSR count). The molecule has 0 amide bonds. The fourth-order valence-electron chi connectivity index (χ4n) is 3.81. The highest BCUT2D eigenvalue weighted by atomic mass is 32.1. The summed E-state index contributed by atoms with van der Waals surface area (Å²) in [5.41, 5.74) is 0.836. The number of anilines is 1. The molecule has 0 saturated carbocycles. The zero-order chi connectivity index (χ0) is 19.3. The van der Waals surface area contributed by atoms with Crippen LogP contribution in [0.1, 0.15) is 24.2 Å². The molecule has 2 aliphatic rings. The van der Waals surface area contributed by atoms with Gasteiger partial charge in [-0.1, -0.05) is 6.07 Å². The van der Waals surface area contributed by atoms with Gasteiger partial charge in [-0.05, 0) is 42.9 Å². The van der Waals surface area contributed by atoms with Crippen LogP contribution in [0, 0.1) is 17.6 Å². The van der Waals surface area contributed by atoms with Crippen LogP contribution in [-0.2, 0) is 17.6 Å². The molecule has 152 valence electrons. The van der Waals surface area contributed by atoms with E-state index in [-0.39, 0.29) is 0 Å². The van der Waals surface area contributed by atoms with Crippen LogP contribution in [0.25, 0.3) is 0 Å². The fourth-order valence-corrected chi connectivity index (χ4v) is 4.56. The van der Waals surface area contributed by atoms with E-state index in [2.05, 4.69) is 14.2 Å². The van der Waals surface area contributed by atoms with E-state index >= 15 is 0 Å². The molecule has 2 aromatic rings. The lowest BCUT2D eigenvalue weighted by Crippen LogP contribution is -2.47. The summed E-state index contributed by atoms with van der Waals surface area (Å²) in [5.74, 6) is 0.0535. The molecule has 5 nitrogen and oxygen atoms in total. The molecule has 0 spiro atoms. The molecule has 2 saturated heterocycles. The van der Waals surface area contributed by atoms with Crippen LogP contribution in [0.5, 0.6) is 0 Å². The molecule has 1 aromatic carbocycles. The summed E-state index contributed by atoms with van der Waals surface area (Å²) < 4.78 is 36.3.